The van der Waals surface area contributed by atoms with Gasteiger partial charge in [-0.1, -0.05) is 89.4 Å². The highest BCUT2D eigenvalue weighted by atomic mass is 29.3. The van der Waals surface area contributed by atoms with Gasteiger partial charge in [-0.3, -0.25) is 0 Å². The lowest BCUT2D eigenvalue weighted by Crippen LogP contribution is -2.63. The fourth-order valence-electron chi connectivity index (χ4n) is 2.96. The summed E-state index contributed by atoms with van der Waals surface area (Å²) < 4.78 is 0. The first-order valence-electron chi connectivity index (χ1n) is 7.68. The molecule has 4 heteroatoms. The van der Waals surface area contributed by atoms with Crippen molar-refractivity contribution in [2.75, 3.05) is 0 Å². The van der Waals surface area contributed by atoms with Crippen LogP contribution in [0.1, 0.15) is 27.7 Å². The molecule has 0 aliphatic rings. The van der Waals surface area contributed by atoms with Crippen molar-refractivity contribution in [3.05, 3.63) is 0 Å². The third-order valence-corrected chi connectivity index (χ3v) is 40.8. The molecule has 0 spiro atoms. The molecule has 0 bridgehead atoms. The van der Waals surface area contributed by atoms with Gasteiger partial charge in [0.15, 0.2) is 0 Å². The zero-order valence-electron chi connectivity index (χ0n) is 14.6. The Balaban J connectivity index is 5.17. The van der Waals surface area contributed by atoms with Crippen LogP contribution < -0.4 is 0 Å². The quantitative estimate of drug-likeness (QED) is 0.534. The van der Waals surface area contributed by atoms with Gasteiger partial charge in [0.1, 0.15) is 0 Å². The summed E-state index contributed by atoms with van der Waals surface area (Å²) >= 11 is 0. The maximum atomic E-state index is 2.73. The van der Waals surface area contributed by atoms with Gasteiger partial charge in [-0.25, -0.2) is 0 Å². The maximum Gasteiger partial charge on any atom is 0.0443 e. The Kier molecular flexibility index (Phi) is 7.38. The summed E-state index contributed by atoms with van der Waals surface area (Å²) in [5.74, 6) is 0. The van der Waals surface area contributed by atoms with Crippen molar-refractivity contribution >= 4 is 32.8 Å². The smallest absolute Gasteiger partial charge is 0.0443 e. The first-order chi connectivity index (χ1) is 8.03. The van der Waals surface area contributed by atoms with Crippen molar-refractivity contribution in [3.8, 4) is 0 Å². The molecule has 0 rings (SSSR count). The lowest BCUT2D eigenvalue weighted by atomic mass is 10.9. The van der Waals surface area contributed by atoms with Gasteiger partial charge in [-0.05, 0) is 0 Å². The lowest BCUT2D eigenvalue weighted by molar-refractivity contribution is 1.15. The Bertz CT molecular complexity index is 224. The summed E-state index contributed by atoms with van der Waals surface area (Å²) in [6, 6.07) is 2.91. The summed E-state index contributed by atoms with van der Waals surface area (Å²) in [6.45, 7) is 26.1. The standard InChI is InChI=1S/C14H36Si4/c1-11-15(5)13(3)17(7,8)18(9,10)14(4)16(6)12-2/h13-14H,11-12H2,1-10H3. The van der Waals surface area contributed by atoms with Gasteiger partial charge in [0.2, 0.25) is 0 Å². The second-order valence-electron chi connectivity index (χ2n) is 7.29. The van der Waals surface area contributed by atoms with E-state index in [1.807, 2.05) is 0 Å². The Labute approximate surface area is 122 Å². The van der Waals surface area contributed by atoms with E-state index in [2.05, 4.69) is 67.0 Å². The van der Waals surface area contributed by atoms with E-state index in [1.165, 1.54) is 12.1 Å². The molecule has 0 aromatic heterocycles. The Morgan fingerprint density at radius 3 is 1.11 bits per heavy atom. The highest BCUT2D eigenvalue weighted by Gasteiger charge is 2.49. The molecule has 2 radical (unpaired) electrons. The van der Waals surface area contributed by atoms with Gasteiger partial charge in [-0.15, -0.1) is 0 Å². The lowest BCUT2D eigenvalue weighted by Gasteiger charge is -2.49. The Morgan fingerprint density at radius 1 is 0.722 bits per heavy atom. The molecule has 0 aliphatic carbocycles. The molecule has 0 saturated carbocycles. The molecule has 2 unspecified atom stereocenters. The van der Waals surface area contributed by atoms with E-state index in [4.69, 9.17) is 0 Å². The largest absolute Gasteiger partial charge is 0.0713 e. The third-order valence-electron chi connectivity index (χ3n) is 6.42. The van der Waals surface area contributed by atoms with Gasteiger partial charge in [-0.2, -0.15) is 0 Å². The molecular formula is C14H36Si4. The van der Waals surface area contributed by atoms with Crippen molar-refractivity contribution < 1.29 is 0 Å². The van der Waals surface area contributed by atoms with Crippen LogP contribution in [0.15, 0.2) is 0 Å². The van der Waals surface area contributed by atoms with Gasteiger partial charge in [0, 0.05) is 32.8 Å². The summed E-state index contributed by atoms with van der Waals surface area (Å²) in [5, 5.41) is 2.17. The van der Waals surface area contributed by atoms with E-state index in [9.17, 15) is 0 Å². The monoisotopic (exact) mass is 316 g/mol. The fraction of sp³-hybridized carbons (Fsp3) is 1.00. The second kappa shape index (κ2) is 7.04. The van der Waals surface area contributed by atoms with Crippen molar-refractivity contribution in [1.29, 1.82) is 0 Å². The van der Waals surface area contributed by atoms with Crippen LogP contribution in [0.5, 0.6) is 0 Å². The van der Waals surface area contributed by atoms with Crippen LogP contribution in [0.2, 0.25) is 61.7 Å². The van der Waals surface area contributed by atoms with E-state index in [0.29, 0.717) is 0 Å². The van der Waals surface area contributed by atoms with Gasteiger partial charge in [0.05, 0.1) is 0 Å². The molecular weight excluding hydrogens is 280 g/mol. The van der Waals surface area contributed by atoms with E-state index in [0.717, 1.165) is 10.3 Å². The van der Waals surface area contributed by atoms with Crippen molar-refractivity contribution in [1.82, 2.24) is 0 Å². The minimum Gasteiger partial charge on any atom is -0.0713 e. The molecule has 0 aliphatic heterocycles. The number of hydrogen-bond acceptors (Lipinski definition) is 0. The second-order valence-corrected chi connectivity index (χ2v) is 31.3. The van der Waals surface area contributed by atoms with E-state index in [1.54, 1.807) is 0 Å². The zero-order valence-corrected chi connectivity index (χ0v) is 18.6. The van der Waals surface area contributed by atoms with Gasteiger partial charge >= 0.3 is 0 Å². The molecule has 108 valence electrons. The predicted molar refractivity (Wildman–Crippen MR) is 98.0 cm³/mol. The molecule has 2 atom stereocenters. The van der Waals surface area contributed by atoms with Crippen molar-refractivity contribution in [3.63, 3.8) is 0 Å². The Hall–Kier alpha value is 0.868. The Morgan fingerprint density at radius 2 is 0.944 bits per heavy atom. The van der Waals surface area contributed by atoms with E-state index < -0.39 is 15.2 Å². The predicted octanol–water partition coefficient (Wildman–Crippen LogP) is 5.63. The number of rotatable bonds is 7. The van der Waals surface area contributed by atoms with Crippen LogP contribution in [0.4, 0.5) is 0 Å². The van der Waals surface area contributed by atoms with Crippen LogP contribution in [0.3, 0.4) is 0 Å². The molecule has 0 aromatic rings. The SMILES string of the molecule is CC[Si](C)C(C)[Si](C)(C)[Si](C)(C)C(C)[Si](C)CC. The molecule has 0 saturated heterocycles. The van der Waals surface area contributed by atoms with Crippen LogP contribution in [-0.4, -0.2) is 32.8 Å². The highest BCUT2D eigenvalue weighted by Crippen LogP contribution is 2.41. The van der Waals surface area contributed by atoms with Crippen LogP contribution in [0, 0.1) is 0 Å². The van der Waals surface area contributed by atoms with Crippen LogP contribution in [-0.2, 0) is 0 Å². The summed E-state index contributed by atoms with van der Waals surface area (Å²) in [4.78, 5) is 0. The highest BCUT2D eigenvalue weighted by molar-refractivity contribution is 7.45. The first-order valence-corrected chi connectivity index (χ1v) is 19.4. The molecule has 0 amide bonds. The van der Waals surface area contributed by atoms with Gasteiger partial charge < -0.3 is 0 Å². The first kappa shape index (κ1) is 18.9. The molecule has 0 aromatic carbocycles. The van der Waals surface area contributed by atoms with Crippen LogP contribution in [0.25, 0.3) is 0 Å². The fourth-order valence-corrected chi connectivity index (χ4v) is 35.3. The maximum absolute atomic E-state index is 2.73. The number of hydrogen-bond donors (Lipinski definition) is 0. The minimum atomic E-state index is -1.05. The molecule has 18 heavy (non-hydrogen) atoms. The average molecular weight is 317 g/mol. The normalized spacial score (nSPS) is 17.3. The van der Waals surface area contributed by atoms with Crippen molar-refractivity contribution in [2.24, 2.45) is 0 Å². The minimum absolute atomic E-state index is 0.103. The summed E-state index contributed by atoms with van der Waals surface area (Å²) in [7, 11) is -2.31. The summed E-state index contributed by atoms with van der Waals surface area (Å²) in [6.07, 6.45) is 0. The average Bonchev–Trinajstić information content (AvgIpc) is 2.34. The third kappa shape index (κ3) is 3.70. The topological polar surface area (TPSA) is 0 Å². The van der Waals surface area contributed by atoms with Crippen LogP contribution >= 0.6 is 0 Å². The van der Waals surface area contributed by atoms with E-state index in [-0.39, 0.29) is 17.6 Å². The summed E-state index contributed by atoms with van der Waals surface area (Å²) in [5.41, 5.74) is 0. The van der Waals surface area contributed by atoms with Gasteiger partial charge in [0.25, 0.3) is 0 Å². The van der Waals surface area contributed by atoms with Crippen molar-refractivity contribution in [2.45, 2.75) is 89.4 Å². The molecule has 0 N–H and O–H groups in total. The molecule has 0 fully saturated rings. The molecule has 0 heterocycles. The molecule has 0 nitrogen and oxygen atoms in total. The van der Waals surface area contributed by atoms with E-state index >= 15 is 0 Å². The zero-order chi connectivity index (χ0) is 14.7.